The fraction of sp³-hybridized carbons (Fsp3) is 0.269. The van der Waals surface area contributed by atoms with Crippen LogP contribution in [0.1, 0.15) is 43.4 Å². The number of thioether (sulfide) groups is 1. The predicted octanol–water partition coefficient (Wildman–Crippen LogP) is 7.47. The van der Waals surface area contributed by atoms with Crippen molar-refractivity contribution in [2.24, 2.45) is 0 Å². The topological polar surface area (TPSA) is 38.3 Å². The first kappa shape index (κ1) is 23.2. The van der Waals surface area contributed by atoms with Gasteiger partial charge in [-0.1, -0.05) is 61.8 Å². The van der Waals surface area contributed by atoms with Crippen LogP contribution in [0.2, 0.25) is 5.02 Å². The molecular weight excluding hydrogens is 426 g/mol. The zero-order chi connectivity index (χ0) is 22.4. The number of para-hydroxylation sites is 1. The minimum atomic E-state index is -0.617. The molecule has 1 N–H and O–H groups in total. The molecule has 0 radical (unpaired) electrons. The van der Waals surface area contributed by atoms with Crippen LogP contribution >= 0.6 is 23.4 Å². The fourth-order valence-electron chi connectivity index (χ4n) is 3.14. The Morgan fingerprint density at radius 1 is 1.03 bits per heavy atom. The molecule has 0 aromatic heterocycles. The van der Waals surface area contributed by atoms with Crippen molar-refractivity contribution in [3.8, 4) is 5.75 Å². The third-order valence-electron chi connectivity index (χ3n) is 4.92. The zero-order valence-electron chi connectivity index (χ0n) is 18.3. The minimum Gasteiger partial charge on any atom is -0.481 e. The van der Waals surface area contributed by atoms with Crippen LogP contribution in [0.4, 0.5) is 5.69 Å². The first-order valence-electron chi connectivity index (χ1n) is 10.4. The molecule has 0 aliphatic rings. The fourth-order valence-corrected chi connectivity index (χ4v) is 4.23. The number of ether oxygens (including phenoxy) is 1. The Labute approximate surface area is 194 Å². The van der Waals surface area contributed by atoms with Gasteiger partial charge < -0.3 is 10.1 Å². The van der Waals surface area contributed by atoms with Crippen LogP contribution in [0.5, 0.6) is 5.75 Å². The van der Waals surface area contributed by atoms with E-state index in [1.165, 1.54) is 5.56 Å². The van der Waals surface area contributed by atoms with Crippen LogP contribution in [0, 0.1) is 6.92 Å². The summed E-state index contributed by atoms with van der Waals surface area (Å²) < 4.78 is 6.07. The maximum absolute atomic E-state index is 12.9. The van der Waals surface area contributed by atoms with Gasteiger partial charge in [0.1, 0.15) is 5.75 Å². The van der Waals surface area contributed by atoms with E-state index in [-0.39, 0.29) is 5.91 Å². The molecule has 0 aliphatic heterocycles. The van der Waals surface area contributed by atoms with Gasteiger partial charge in [0.2, 0.25) is 0 Å². The molecule has 0 fully saturated rings. The van der Waals surface area contributed by atoms with Gasteiger partial charge >= 0.3 is 0 Å². The molecule has 0 bridgehead atoms. The largest absolute Gasteiger partial charge is 0.481 e. The van der Waals surface area contributed by atoms with Gasteiger partial charge in [0.15, 0.2) is 6.10 Å². The summed E-state index contributed by atoms with van der Waals surface area (Å²) >= 11 is 7.64. The number of hydrogen-bond acceptors (Lipinski definition) is 3. The van der Waals surface area contributed by atoms with Crippen molar-refractivity contribution in [3.63, 3.8) is 0 Å². The van der Waals surface area contributed by atoms with E-state index < -0.39 is 6.10 Å². The third-order valence-corrected chi connectivity index (χ3v) is 6.31. The monoisotopic (exact) mass is 453 g/mol. The SMILES string of the molecule is Cc1ccc(C(C)C)c(O[C@@H](C)C(=O)Nc2ccccc2SCc2ccc(Cl)cc2)c1. The number of carbonyl (C=O) groups is 1. The lowest BCUT2D eigenvalue weighted by Gasteiger charge is -2.20. The predicted molar refractivity (Wildman–Crippen MR) is 131 cm³/mol. The van der Waals surface area contributed by atoms with Crippen LogP contribution in [0.15, 0.2) is 71.6 Å². The molecule has 1 amide bonds. The van der Waals surface area contributed by atoms with Gasteiger partial charge in [-0.3, -0.25) is 4.79 Å². The molecule has 0 heterocycles. The normalized spacial score (nSPS) is 11.9. The number of rotatable bonds is 8. The molecule has 3 nitrogen and oxygen atoms in total. The highest BCUT2D eigenvalue weighted by Gasteiger charge is 2.19. The summed E-state index contributed by atoms with van der Waals surface area (Å²) in [5, 5.41) is 3.76. The van der Waals surface area contributed by atoms with Crippen LogP contribution in [-0.2, 0) is 10.5 Å². The van der Waals surface area contributed by atoms with E-state index in [0.717, 1.165) is 38.2 Å². The van der Waals surface area contributed by atoms with Crippen molar-refractivity contribution >= 4 is 35.0 Å². The number of hydrogen-bond donors (Lipinski definition) is 1. The van der Waals surface area contributed by atoms with Gasteiger partial charge in [-0.2, -0.15) is 0 Å². The summed E-state index contributed by atoms with van der Waals surface area (Å²) in [5.74, 6) is 1.70. The van der Waals surface area contributed by atoms with Gasteiger partial charge in [0.25, 0.3) is 5.91 Å². The summed E-state index contributed by atoms with van der Waals surface area (Å²) in [6, 6.07) is 21.8. The third kappa shape index (κ3) is 6.52. The second kappa shape index (κ2) is 10.7. The van der Waals surface area contributed by atoms with E-state index in [2.05, 4.69) is 31.3 Å². The second-order valence-corrected chi connectivity index (χ2v) is 9.31. The Bertz CT molecular complexity index is 1030. The Morgan fingerprint density at radius 3 is 2.45 bits per heavy atom. The van der Waals surface area contributed by atoms with Crippen LogP contribution in [0.25, 0.3) is 0 Å². The molecule has 3 aromatic rings. The van der Waals surface area contributed by atoms with Crippen molar-refractivity contribution in [1.29, 1.82) is 0 Å². The Morgan fingerprint density at radius 2 is 1.74 bits per heavy atom. The lowest BCUT2D eigenvalue weighted by Crippen LogP contribution is -2.30. The lowest BCUT2D eigenvalue weighted by molar-refractivity contribution is -0.122. The van der Waals surface area contributed by atoms with Crippen LogP contribution in [-0.4, -0.2) is 12.0 Å². The highest BCUT2D eigenvalue weighted by molar-refractivity contribution is 7.98. The molecule has 1 atom stereocenters. The number of carbonyl (C=O) groups excluding carboxylic acids is 1. The Kier molecular flexibility index (Phi) is 8.05. The van der Waals surface area contributed by atoms with E-state index in [1.54, 1.807) is 18.7 Å². The van der Waals surface area contributed by atoms with E-state index in [4.69, 9.17) is 16.3 Å². The Balaban J connectivity index is 1.68. The summed E-state index contributed by atoms with van der Waals surface area (Å²) in [5.41, 5.74) is 4.17. The minimum absolute atomic E-state index is 0.171. The quantitative estimate of drug-likeness (QED) is 0.359. The van der Waals surface area contributed by atoms with E-state index in [9.17, 15) is 4.79 Å². The molecular formula is C26H28ClNO2S. The van der Waals surface area contributed by atoms with Crippen molar-refractivity contribution in [1.82, 2.24) is 0 Å². The van der Waals surface area contributed by atoms with Crippen molar-refractivity contribution in [2.45, 2.75) is 50.4 Å². The molecule has 3 rings (SSSR count). The van der Waals surface area contributed by atoms with E-state index >= 15 is 0 Å². The average molecular weight is 454 g/mol. The summed E-state index contributed by atoms with van der Waals surface area (Å²) in [7, 11) is 0. The summed E-state index contributed by atoms with van der Waals surface area (Å²) in [4.78, 5) is 13.9. The van der Waals surface area contributed by atoms with Crippen molar-refractivity contribution in [3.05, 3.63) is 88.4 Å². The average Bonchev–Trinajstić information content (AvgIpc) is 2.74. The second-order valence-electron chi connectivity index (χ2n) is 7.86. The molecule has 31 heavy (non-hydrogen) atoms. The number of aryl methyl sites for hydroxylation is 1. The number of benzene rings is 3. The number of nitrogens with one attached hydrogen (secondary N) is 1. The van der Waals surface area contributed by atoms with Gasteiger partial charge in [-0.25, -0.2) is 0 Å². The van der Waals surface area contributed by atoms with Crippen molar-refractivity contribution in [2.75, 3.05) is 5.32 Å². The number of halogens is 1. The molecule has 3 aromatic carbocycles. The van der Waals surface area contributed by atoms with Gasteiger partial charge in [-0.15, -0.1) is 11.8 Å². The lowest BCUT2D eigenvalue weighted by atomic mass is 10.0. The van der Waals surface area contributed by atoms with Gasteiger partial charge in [0, 0.05) is 15.7 Å². The summed E-state index contributed by atoms with van der Waals surface area (Å²) in [6.45, 7) is 8.05. The Hall–Kier alpha value is -2.43. The summed E-state index contributed by atoms with van der Waals surface area (Å²) in [6.07, 6.45) is -0.617. The van der Waals surface area contributed by atoms with Crippen molar-refractivity contribution < 1.29 is 9.53 Å². The van der Waals surface area contributed by atoms with Crippen LogP contribution in [0.3, 0.4) is 0 Å². The maximum atomic E-state index is 12.9. The molecule has 0 spiro atoms. The van der Waals surface area contributed by atoms with Gasteiger partial charge in [-0.05, 0) is 66.8 Å². The standard InChI is InChI=1S/C26H28ClNO2S/c1-17(2)22-14-9-18(3)15-24(22)30-19(4)26(29)28-23-7-5-6-8-25(23)31-16-20-10-12-21(27)13-11-20/h5-15,17,19H,16H2,1-4H3,(H,28,29)/t19-/m0/s1. The highest BCUT2D eigenvalue weighted by atomic mass is 35.5. The molecule has 0 unspecified atom stereocenters. The molecule has 0 saturated heterocycles. The first-order valence-corrected chi connectivity index (χ1v) is 11.7. The number of amides is 1. The maximum Gasteiger partial charge on any atom is 0.265 e. The van der Waals surface area contributed by atoms with Crippen LogP contribution < -0.4 is 10.1 Å². The number of anilines is 1. The molecule has 0 aliphatic carbocycles. The molecule has 5 heteroatoms. The van der Waals surface area contributed by atoms with E-state index in [0.29, 0.717) is 5.92 Å². The van der Waals surface area contributed by atoms with Gasteiger partial charge in [0.05, 0.1) is 5.69 Å². The molecule has 162 valence electrons. The zero-order valence-corrected chi connectivity index (χ0v) is 19.9. The highest BCUT2D eigenvalue weighted by Crippen LogP contribution is 2.31. The molecule has 0 saturated carbocycles. The first-order chi connectivity index (χ1) is 14.8. The smallest absolute Gasteiger partial charge is 0.265 e. The van der Waals surface area contributed by atoms with E-state index in [1.807, 2.05) is 61.5 Å².